The first kappa shape index (κ1) is 24.0. The third-order valence-corrected chi connectivity index (χ3v) is 7.18. The van der Waals surface area contributed by atoms with Crippen LogP contribution in [-0.2, 0) is 17.8 Å². The maximum absolute atomic E-state index is 12.7. The number of carbonyl (C=O) groups is 2. The molecule has 1 saturated heterocycles. The van der Waals surface area contributed by atoms with E-state index in [0.717, 1.165) is 60.4 Å². The van der Waals surface area contributed by atoms with Crippen LogP contribution in [0, 0.1) is 6.92 Å². The zero-order chi connectivity index (χ0) is 21.1. The Morgan fingerprint density at radius 3 is 2.58 bits per heavy atom. The molecule has 168 valence electrons. The summed E-state index contributed by atoms with van der Waals surface area (Å²) in [5.41, 5.74) is 2.24. The topological polar surface area (TPSA) is 58.4 Å². The quantitative estimate of drug-likeness (QED) is 0.548. The Morgan fingerprint density at radius 2 is 1.90 bits per heavy atom. The van der Waals surface area contributed by atoms with E-state index >= 15 is 0 Å². The molecule has 2 aliphatic rings. The van der Waals surface area contributed by atoms with Crippen molar-refractivity contribution in [3.63, 3.8) is 0 Å². The number of imidazole rings is 1. The van der Waals surface area contributed by atoms with Gasteiger partial charge in [-0.1, -0.05) is 23.7 Å². The Morgan fingerprint density at radius 1 is 1.19 bits per heavy atom. The third-order valence-electron chi connectivity index (χ3n) is 5.95. The number of likely N-dealkylation sites (tertiary alicyclic amines) is 1. The molecule has 6 nitrogen and oxygen atoms in total. The van der Waals surface area contributed by atoms with Gasteiger partial charge in [-0.25, -0.2) is 9.78 Å². The number of halogens is 2. The summed E-state index contributed by atoms with van der Waals surface area (Å²) < 4.78 is 1.71. The molecule has 0 saturated carbocycles. The lowest BCUT2D eigenvalue weighted by atomic mass is 10.0. The van der Waals surface area contributed by atoms with Gasteiger partial charge in [-0.2, -0.15) is 11.8 Å². The predicted octanol–water partition coefficient (Wildman–Crippen LogP) is 4.41. The average molecular weight is 483 g/mol. The number of fused-ring (bicyclic) bond motifs is 1. The van der Waals surface area contributed by atoms with Crippen LogP contribution in [0.25, 0.3) is 0 Å². The summed E-state index contributed by atoms with van der Waals surface area (Å²) in [7, 11) is 0. The van der Waals surface area contributed by atoms with Gasteiger partial charge >= 0.3 is 6.03 Å². The number of piperidine rings is 1. The molecule has 3 heterocycles. The Balaban J connectivity index is 0.00000272. The number of amides is 2. The monoisotopic (exact) mass is 482 g/mol. The van der Waals surface area contributed by atoms with Crippen LogP contribution in [0.4, 0.5) is 4.79 Å². The average Bonchev–Trinajstić information content (AvgIpc) is 3.29. The molecule has 0 spiro atoms. The molecular weight excluding hydrogens is 455 g/mol. The van der Waals surface area contributed by atoms with Gasteiger partial charge in [0, 0.05) is 36.3 Å². The second kappa shape index (κ2) is 10.7. The number of carbonyl (C=O) groups excluding carboxylic acids is 2. The predicted molar refractivity (Wildman–Crippen MR) is 127 cm³/mol. The van der Waals surface area contributed by atoms with Crippen molar-refractivity contribution in [3.8, 4) is 0 Å². The van der Waals surface area contributed by atoms with E-state index in [0.29, 0.717) is 13.0 Å². The highest BCUT2D eigenvalue weighted by Gasteiger charge is 2.36. The van der Waals surface area contributed by atoms with E-state index in [1.165, 1.54) is 5.56 Å². The van der Waals surface area contributed by atoms with Crippen molar-refractivity contribution in [1.29, 1.82) is 0 Å². The van der Waals surface area contributed by atoms with Crippen LogP contribution in [0.15, 0.2) is 30.5 Å². The second-order valence-electron chi connectivity index (χ2n) is 7.89. The minimum absolute atomic E-state index is 0. The molecule has 2 aliphatic heterocycles. The lowest BCUT2D eigenvalue weighted by Gasteiger charge is -2.36. The number of hydrogen-bond donors (Lipinski definition) is 0. The molecule has 0 bridgehead atoms. The van der Waals surface area contributed by atoms with Crippen molar-refractivity contribution in [3.05, 3.63) is 52.6 Å². The first-order valence-corrected chi connectivity index (χ1v) is 12.0. The lowest BCUT2D eigenvalue weighted by Crippen LogP contribution is -2.47. The fraction of sp³-hybridized carbons (Fsp3) is 0.500. The van der Waals surface area contributed by atoms with Crippen molar-refractivity contribution in [2.75, 3.05) is 24.6 Å². The third kappa shape index (κ3) is 5.57. The summed E-state index contributed by atoms with van der Waals surface area (Å²) >= 11 is 7.73. The maximum Gasteiger partial charge on any atom is 0.330 e. The van der Waals surface area contributed by atoms with Gasteiger partial charge in [0.1, 0.15) is 5.82 Å². The fourth-order valence-electron chi connectivity index (χ4n) is 4.21. The van der Waals surface area contributed by atoms with E-state index in [2.05, 4.69) is 17.1 Å². The summed E-state index contributed by atoms with van der Waals surface area (Å²) in [6, 6.07) is 8.17. The highest BCUT2D eigenvalue weighted by Crippen LogP contribution is 2.26. The zero-order valence-electron chi connectivity index (χ0n) is 17.6. The highest BCUT2D eigenvalue weighted by atomic mass is 35.5. The molecule has 2 aromatic rings. The molecule has 2 amide bonds. The smallest absolute Gasteiger partial charge is 0.330 e. The van der Waals surface area contributed by atoms with Crippen LogP contribution in [0.3, 0.4) is 0 Å². The minimum atomic E-state index is 0. The molecular formula is C22H28Cl2N4O2S. The number of rotatable bonds is 7. The van der Waals surface area contributed by atoms with Crippen molar-refractivity contribution in [2.24, 2.45) is 0 Å². The van der Waals surface area contributed by atoms with Crippen LogP contribution >= 0.6 is 35.8 Å². The van der Waals surface area contributed by atoms with Gasteiger partial charge in [0.15, 0.2) is 0 Å². The molecule has 9 heteroatoms. The zero-order valence-corrected chi connectivity index (χ0v) is 20.0. The first-order valence-electron chi connectivity index (χ1n) is 10.5. The van der Waals surface area contributed by atoms with Crippen molar-refractivity contribution >= 4 is 47.7 Å². The van der Waals surface area contributed by atoms with Crippen LogP contribution < -0.4 is 0 Å². The molecule has 1 aromatic carbocycles. The van der Waals surface area contributed by atoms with Crippen LogP contribution in [0.2, 0.25) is 5.02 Å². The Labute approximate surface area is 198 Å². The first-order chi connectivity index (χ1) is 14.5. The Bertz CT molecular complexity index is 911. The SMILES string of the molecule is Cc1ncc2n1C(=O)N(C1CCN(C(=O)CCSCCc3ccc(Cl)cc3)CC1)C2.Cl. The molecule has 1 fully saturated rings. The summed E-state index contributed by atoms with van der Waals surface area (Å²) in [4.78, 5) is 33.3. The minimum Gasteiger partial charge on any atom is -0.343 e. The normalized spacial score (nSPS) is 16.4. The van der Waals surface area contributed by atoms with Gasteiger partial charge in [0.2, 0.25) is 5.91 Å². The number of thioether (sulfide) groups is 1. The Hall–Kier alpha value is -1.70. The molecule has 31 heavy (non-hydrogen) atoms. The lowest BCUT2D eigenvalue weighted by molar-refractivity contribution is -0.132. The summed E-state index contributed by atoms with van der Waals surface area (Å²) in [6.45, 7) is 3.95. The van der Waals surface area contributed by atoms with E-state index in [1.807, 2.05) is 40.6 Å². The molecule has 0 N–H and O–H groups in total. The number of aromatic nitrogens is 2. The molecule has 0 radical (unpaired) electrons. The highest BCUT2D eigenvalue weighted by molar-refractivity contribution is 7.99. The van der Waals surface area contributed by atoms with E-state index in [9.17, 15) is 9.59 Å². The van der Waals surface area contributed by atoms with Gasteiger partial charge in [-0.15, -0.1) is 12.4 Å². The van der Waals surface area contributed by atoms with Gasteiger partial charge < -0.3 is 9.80 Å². The van der Waals surface area contributed by atoms with Gasteiger partial charge in [0.05, 0.1) is 18.4 Å². The van der Waals surface area contributed by atoms with E-state index in [1.54, 1.807) is 10.8 Å². The van der Waals surface area contributed by atoms with Crippen LogP contribution in [-0.4, -0.2) is 61.9 Å². The molecule has 0 unspecified atom stereocenters. The largest absolute Gasteiger partial charge is 0.343 e. The molecule has 0 atom stereocenters. The summed E-state index contributed by atoms with van der Waals surface area (Å²) in [5, 5.41) is 0.760. The summed E-state index contributed by atoms with van der Waals surface area (Å²) in [6.07, 6.45) is 5.05. The van der Waals surface area contributed by atoms with Gasteiger partial charge in [-0.05, 0) is 49.6 Å². The van der Waals surface area contributed by atoms with E-state index in [-0.39, 0.29) is 30.4 Å². The Kier molecular flexibility index (Phi) is 8.30. The van der Waals surface area contributed by atoms with Crippen molar-refractivity contribution in [2.45, 2.75) is 45.2 Å². The molecule has 0 aliphatic carbocycles. The maximum atomic E-state index is 12.7. The van der Waals surface area contributed by atoms with E-state index in [4.69, 9.17) is 11.6 Å². The number of hydrogen-bond acceptors (Lipinski definition) is 4. The molecule has 1 aromatic heterocycles. The molecule has 4 rings (SSSR count). The second-order valence-corrected chi connectivity index (χ2v) is 9.55. The summed E-state index contributed by atoms with van der Waals surface area (Å²) in [5.74, 6) is 2.83. The number of benzene rings is 1. The van der Waals surface area contributed by atoms with Gasteiger partial charge in [0.25, 0.3) is 0 Å². The number of aryl methyl sites for hydroxylation is 2. The van der Waals surface area contributed by atoms with Crippen molar-refractivity contribution < 1.29 is 9.59 Å². The van der Waals surface area contributed by atoms with Crippen molar-refractivity contribution in [1.82, 2.24) is 19.4 Å². The standard InChI is InChI=1S/C22H27ClN4O2S.ClH/c1-16-24-14-20-15-26(22(29)27(16)20)19-6-10-25(11-7-19)21(28)9-13-30-12-8-17-2-4-18(23)5-3-17;/h2-5,14,19H,6-13,15H2,1H3;1H. The van der Waals surface area contributed by atoms with Crippen LogP contribution in [0.5, 0.6) is 0 Å². The van der Waals surface area contributed by atoms with Crippen LogP contribution in [0.1, 0.15) is 36.3 Å². The van der Waals surface area contributed by atoms with E-state index < -0.39 is 0 Å². The number of nitrogens with zero attached hydrogens (tertiary/aromatic N) is 4. The van der Waals surface area contributed by atoms with Gasteiger partial charge in [-0.3, -0.25) is 9.36 Å². The fourth-order valence-corrected chi connectivity index (χ4v) is 5.24.